The van der Waals surface area contributed by atoms with E-state index >= 15 is 0 Å². The van der Waals surface area contributed by atoms with Crippen molar-refractivity contribution in [2.75, 3.05) is 11.9 Å². The van der Waals surface area contributed by atoms with Gasteiger partial charge >= 0.3 is 0 Å². The molecule has 0 radical (unpaired) electrons. The van der Waals surface area contributed by atoms with Crippen LogP contribution in [0.4, 0.5) is 5.69 Å². The van der Waals surface area contributed by atoms with E-state index in [0.717, 1.165) is 37.7 Å². The fourth-order valence-corrected chi connectivity index (χ4v) is 5.25. The molecule has 0 heterocycles. The van der Waals surface area contributed by atoms with Crippen molar-refractivity contribution in [1.82, 2.24) is 5.43 Å². The molecular formula is C22H17BrI3N3O2. The number of carbonyl (C=O) groups is 1. The summed E-state index contributed by atoms with van der Waals surface area (Å²) in [7, 11) is 0. The zero-order valence-electron chi connectivity index (χ0n) is 16.0. The number of nitrogens with one attached hydrogen (secondary N) is 2. The summed E-state index contributed by atoms with van der Waals surface area (Å²) in [4.78, 5) is 12.0. The van der Waals surface area contributed by atoms with E-state index in [2.05, 4.69) is 99.5 Å². The van der Waals surface area contributed by atoms with Crippen LogP contribution in [0.5, 0.6) is 5.75 Å². The third-order valence-corrected chi connectivity index (χ3v) is 6.87. The van der Waals surface area contributed by atoms with Crippen LogP contribution >= 0.6 is 83.7 Å². The van der Waals surface area contributed by atoms with Gasteiger partial charge in [-0.2, -0.15) is 5.10 Å². The summed E-state index contributed by atoms with van der Waals surface area (Å²) in [5.41, 5.74) is 5.42. The summed E-state index contributed by atoms with van der Waals surface area (Å²) in [6.45, 7) is 0.645. The summed E-state index contributed by atoms with van der Waals surface area (Å²) in [5, 5.41) is 7.13. The predicted molar refractivity (Wildman–Crippen MR) is 154 cm³/mol. The summed E-state index contributed by atoms with van der Waals surface area (Å²) in [5.74, 6) is 0.626. The van der Waals surface area contributed by atoms with Gasteiger partial charge in [0.1, 0.15) is 12.4 Å². The Bertz CT molecular complexity index is 1050. The summed E-state index contributed by atoms with van der Waals surface area (Å²) in [6, 6.07) is 19.8. The molecule has 0 aliphatic heterocycles. The van der Waals surface area contributed by atoms with Crippen LogP contribution in [-0.2, 0) is 11.4 Å². The van der Waals surface area contributed by atoms with Crippen LogP contribution in [0.15, 0.2) is 70.2 Å². The molecule has 0 bridgehead atoms. The van der Waals surface area contributed by atoms with E-state index in [0.29, 0.717) is 6.61 Å². The highest BCUT2D eigenvalue weighted by Crippen LogP contribution is 2.29. The third-order valence-electron chi connectivity index (χ3n) is 4.02. The first-order valence-electron chi connectivity index (χ1n) is 9.08. The van der Waals surface area contributed by atoms with E-state index in [1.807, 2.05) is 60.7 Å². The molecular weight excluding hydrogens is 799 g/mol. The van der Waals surface area contributed by atoms with Gasteiger partial charge in [0.25, 0.3) is 5.91 Å². The third kappa shape index (κ3) is 8.17. The quantitative estimate of drug-likeness (QED) is 0.157. The van der Waals surface area contributed by atoms with Gasteiger partial charge in [-0.3, -0.25) is 4.79 Å². The second-order valence-corrected chi connectivity index (χ2v) is 10.9. The van der Waals surface area contributed by atoms with Gasteiger partial charge in [-0.1, -0.05) is 28.1 Å². The second kappa shape index (κ2) is 12.3. The molecule has 0 unspecified atom stereocenters. The summed E-state index contributed by atoms with van der Waals surface area (Å²) in [6.07, 6.45) is 1.63. The molecule has 0 aliphatic rings. The van der Waals surface area contributed by atoms with Crippen molar-refractivity contribution in [2.24, 2.45) is 5.10 Å². The molecule has 0 saturated heterocycles. The standard InChI is InChI=1S/C22H17BrI3N3O2/c23-16-3-1-14(2-4-16)13-31-22-19(25)9-15(10-20(22)26)11-28-29-21(30)12-27-18-7-5-17(24)6-8-18/h1-11,27H,12-13H2,(H,29,30)/b28-11+. The molecule has 160 valence electrons. The molecule has 3 aromatic carbocycles. The van der Waals surface area contributed by atoms with Crippen LogP contribution in [0.1, 0.15) is 11.1 Å². The molecule has 0 aliphatic carbocycles. The van der Waals surface area contributed by atoms with Crippen LogP contribution in [-0.4, -0.2) is 18.7 Å². The van der Waals surface area contributed by atoms with Gasteiger partial charge in [-0.05, 0) is 127 Å². The minimum atomic E-state index is -0.214. The van der Waals surface area contributed by atoms with E-state index in [-0.39, 0.29) is 12.5 Å². The Morgan fingerprint density at radius 1 is 1.00 bits per heavy atom. The van der Waals surface area contributed by atoms with Gasteiger partial charge < -0.3 is 10.1 Å². The molecule has 2 N–H and O–H groups in total. The van der Waals surface area contributed by atoms with Gasteiger partial charge in [-0.25, -0.2) is 5.43 Å². The maximum absolute atomic E-state index is 12.0. The molecule has 3 aromatic rings. The van der Waals surface area contributed by atoms with E-state index in [9.17, 15) is 4.79 Å². The first-order valence-corrected chi connectivity index (χ1v) is 13.1. The SMILES string of the molecule is O=C(CNc1ccc(I)cc1)N/N=C/c1cc(I)c(OCc2ccc(Br)cc2)c(I)c1. The first-order chi connectivity index (χ1) is 14.9. The van der Waals surface area contributed by atoms with E-state index in [4.69, 9.17) is 4.74 Å². The Balaban J connectivity index is 1.52. The van der Waals surface area contributed by atoms with Crippen molar-refractivity contribution < 1.29 is 9.53 Å². The highest BCUT2D eigenvalue weighted by atomic mass is 127. The number of amides is 1. The number of benzene rings is 3. The number of hydrogen-bond donors (Lipinski definition) is 2. The van der Waals surface area contributed by atoms with Crippen LogP contribution in [0.2, 0.25) is 0 Å². The number of halogens is 4. The summed E-state index contributed by atoms with van der Waals surface area (Å²) < 4.78 is 10.2. The lowest BCUT2D eigenvalue weighted by atomic mass is 10.2. The normalized spacial score (nSPS) is 10.8. The second-order valence-electron chi connectivity index (χ2n) is 6.38. The van der Waals surface area contributed by atoms with Crippen molar-refractivity contribution in [3.05, 3.63) is 87.0 Å². The van der Waals surface area contributed by atoms with Crippen LogP contribution < -0.4 is 15.5 Å². The average Bonchev–Trinajstić information content (AvgIpc) is 2.74. The van der Waals surface area contributed by atoms with Crippen molar-refractivity contribution in [2.45, 2.75) is 6.61 Å². The fraction of sp³-hybridized carbons (Fsp3) is 0.0909. The van der Waals surface area contributed by atoms with Gasteiger partial charge in [-0.15, -0.1) is 0 Å². The zero-order valence-corrected chi connectivity index (χ0v) is 24.1. The number of ether oxygens (including phenoxy) is 1. The zero-order chi connectivity index (χ0) is 22.2. The number of hydrazone groups is 1. The topological polar surface area (TPSA) is 62.7 Å². The minimum Gasteiger partial charge on any atom is -0.487 e. The molecule has 31 heavy (non-hydrogen) atoms. The smallest absolute Gasteiger partial charge is 0.259 e. The molecule has 3 rings (SSSR count). The maximum atomic E-state index is 12.0. The average molecular weight is 816 g/mol. The van der Waals surface area contributed by atoms with Gasteiger partial charge in [0, 0.05) is 13.7 Å². The van der Waals surface area contributed by atoms with Crippen molar-refractivity contribution in [3.8, 4) is 5.75 Å². The van der Waals surface area contributed by atoms with E-state index < -0.39 is 0 Å². The molecule has 9 heteroatoms. The van der Waals surface area contributed by atoms with E-state index in [1.54, 1.807) is 6.21 Å². The van der Waals surface area contributed by atoms with E-state index in [1.165, 1.54) is 0 Å². The molecule has 0 saturated carbocycles. The Kier molecular flexibility index (Phi) is 9.84. The van der Waals surface area contributed by atoms with Gasteiger partial charge in [0.2, 0.25) is 0 Å². The number of anilines is 1. The Morgan fingerprint density at radius 2 is 1.65 bits per heavy atom. The van der Waals surface area contributed by atoms with Crippen molar-refractivity contribution >= 4 is 102 Å². The number of carbonyl (C=O) groups excluding carboxylic acids is 1. The predicted octanol–water partition coefficient (Wildman–Crippen LogP) is 6.40. The van der Waals surface area contributed by atoms with Crippen molar-refractivity contribution in [1.29, 1.82) is 0 Å². The van der Waals surface area contributed by atoms with Crippen LogP contribution in [0.25, 0.3) is 0 Å². The lowest BCUT2D eigenvalue weighted by molar-refractivity contribution is -0.119. The monoisotopic (exact) mass is 815 g/mol. The number of rotatable bonds is 8. The van der Waals surface area contributed by atoms with Crippen LogP contribution in [0.3, 0.4) is 0 Å². The molecule has 0 spiro atoms. The van der Waals surface area contributed by atoms with Crippen molar-refractivity contribution in [3.63, 3.8) is 0 Å². The lowest BCUT2D eigenvalue weighted by Gasteiger charge is -2.11. The van der Waals surface area contributed by atoms with Gasteiger partial charge in [0.05, 0.1) is 19.9 Å². The molecule has 0 aromatic heterocycles. The highest BCUT2D eigenvalue weighted by molar-refractivity contribution is 14.1. The summed E-state index contributed by atoms with van der Waals surface area (Å²) >= 11 is 10.2. The first kappa shape index (κ1) is 24.7. The minimum absolute atomic E-state index is 0.149. The molecule has 0 fully saturated rings. The maximum Gasteiger partial charge on any atom is 0.259 e. The molecule has 0 atom stereocenters. The lowest BCUT2D eigenvalue weighted by Crippen LogP contribution is -2.25. The Labute approximate surface area is 230 Å². The molecule has 5 nitrogen and oxygen atoms in total. The Hall–Kier alpha value is -0.930. The fourth-order valence-electron chi connectivity index (χ4n) is 2.50. The van der Waals surface area contributed by atoms with Gasteiger partial charge in [0.15, 0.2) is 0 Å². The Morgan fingerprint density at radius 3 is 2.29 bits per heavy atom. The van der Waals surface area contributed by atoms with Crippen LogP contribution in [0, 0.1) is 10.7 Å². The number of nitrogens with zero attached hydrogens (tertiary/aromatic N) is 1. The largest absolute Gasteiger partial charge is 0.487 e. The molecule has 1 amide bonds. The number of hydrogen-bond acceptors (Lipinski definition) is 4. The highest BCUT2D eigenvalue weighted by Gasteiger charge is 2.09.